The second kappa shape index (κ2) is 10.2. The zero-order valence-electron chi connectivity index (χ0n) is 19.6. The highest BCUT2D eigenvalue weighted by Crippen LogP contribution is 2.47. The van der Waals surface area contributed by atoms with E-state index >= 15 is 0 Å². The van der Waals surface area contributed by atoms with E-state index < -0.39 is 0 Å². The standard InChI is InChI=1S/C26H35NO4/c1-17(2)8-7-9-18(3)10-11-19(4)22(28)15-21-24-20(12-13-27(21)5)14-23-25(26(24)29-6)31-16-30-23/h8,10,14,21H,4,7,9,11-13,15-16H2,1-3,5-6H3/p+1/b18-10+/t21-/m1/s1. The molecule has 0 saturated heterocycles. The highest BCUT2D eigenvalue weighted by atomic mass is 16.7. The molecule has 0 bridgehead atoms. The number of allylic oxidation sites excluding steroid dienone is 5. The van der Waals surface area contributed by atoms with Crippen molar-refractivity contribution in [2.24, 2.45) is 0 Å². The number of quaternary nitrogens is 1. The first-order valence-corrected chi connectivity index (χ1v) is 11.1. The molecule has 3 rings (SSSR count). The Hall–Kier alpha value is -2.53. The molecule has 0 aromatic heterocycles. The van der Waals surface area contributed by atoms with E-state index in [0.717, 1.165) is 37.1 Å². The van der Waals surface area contributed by atoms with Crippen LogP contribution in [0.15, 0.2) is 41.5 Å². The minimum absolute atomic E-state index is 0.0141. The van der Waals surface area contributed by atoms with Crippen molar-refractivity contribution in [3.63, 3.8) is 0 Å². The number of ketones is 1. The number of hydrogen-bond donors (Lipinski definition) is 1. The SMILES string of the molecule is C=C(C/C=C(\C)CCC=C(C)C)C(=O)C[C@@H]1c2c(cc3c(c2OC)OCO3)CC[NH+]1C. The number of benzene rings is 1. The van der Waals surface area contributed by atoms with Crippen LogP contribution >= 0.6 is 0 Å². The number of fused-ring (bicyclic) bond motifs is 2. The van der Waals surface area contributed by atoms with Crippen LogP contribution in [0.4, 0.5) is 0 Å². The number of hydrogen-bond acceptors (Lipinski definition) is 4. The predicted octanol–water partition coefficient (Wildman–Crippen LogP) is 4.13. The summed E-state index contributed by atoms with van der Waals surface area (Å²) in [6.07, 6.45) is 8.38. The van der Waals surface area contributed by atoms with Gasteiger partial charge in [-0.25, -0.2) is 0 Å². The molecule has 0 aliphatic carbocycles. The molecule has 0 fully saturated rings. The van der Waals surface area contributed by atoms with Gasteiger partial charge in [-0.15, -0.1) is 0 Å². The average molecular weight is 427 g/mol. The summed E-state index contributed by atoms with van der Waals surface area (Å²) in [5.41, 5.74) is 5.56. The van der Waals surface area contributed by atoms with Crippen molar-refractivity contribution < 1.29 is 23.9 Å². The van der Waals surface area contributed by atoms with Gasteiger partial charge in [-0.1, -0.05) is 29.9 Å². The van der Waals surface area contributed by atoms with E-state index in [9.17, 15) is 4.79 Å². The molecule has 0 amide bonds. The fourth-order valence-electron chi connectivity index (χ4n) is 4.33. The second-order valence-electron chi connectivity index (χ2n) is 8.92. The maximum Gasteiger partial charge on any atom is 0.231 e. The smallest absolute Gasteiger partial charge is 0.231 e. The first-order valence-electron chi connectivity index (χ1n) is 11.1. The minimum Gasteiger partial charge on any atom is -0.492 e. The molecule has 0 spiro atoms. The molecule has 2 aliphatic rings. The van der Waals surface area contributed by atoms with E-state index in [0.29, 0.717) is 29.9 Å². The molecular weight excluding hydrogens is 390 g/mol. The Morgan fingerprint density at radius 1 is 1.29 bits per heavy atom. The van der Waals surface area contributed by atoms with Gasteiger partial charge in [0.1, 0.15) is 6.04 Å². The Morgan fingerprint density at radius 3 is 2.77 bits per heavy atom. The zero-order valence-corrected chi connectivity index (χ0v) is 19.6. The highest BCUT2D eigenvalue weighted by Gasteiger charge is 2.37. The Bertz CT molecular complexity index is 908. The molecule has 2 heterocycles. The summed E-state index contributed by atoms with van der Waals surface area (Å²) in [5.74, 6) is 2.22. The lowest BCUT2D eigenvalue weighted by molar-refractivity contribution is -0.914. The molecule has 1 aromatic carbocycles. The first-order chi connectivity index (χ1) is 14.8. The van der Waals surface area contributed by atoms with E-state index in [1.807, 2.05) is 0 Å². The third-order valence-electron chi connectivity index (χ3n) is 6.25. The van der Waals surface area contributed by atoms with Crippen molar-refractivity contribution in [3.8, 4) is 17.2 Å². The second-order valence-corrected chi connectivity index (χ2v) is 8.92. The fourth-order valence-corrected chi connectivity index (χ4v) is 4.33. The molecule has 5 nitrogen and oxygen atoms in total. The Balaban J connectivity index is 1.72. The number of methoxy groups -OCH3 is 1. The van der Waals surface area contributed by atoms with Crippen molar-refractivity contribution in [2.75, 3.05) is 27.5 Å². The topological polar surface area (TPSA) is 49.2 Å². The molecular formula is C26H36NO4+. The summed E-state index contributed by atoms with van der Waals surface area (Å²) in [6.45, 7) is 11.6. The number of likely N-dealkylation sites (N-methyl/N-ethyl adjacent to an activating group) is 1. The molecule has 5 heteroatoms. The van der Waals surface area contributed by atoms with E-state index in [1.165, 1.54) is 21.6 Å². The Morgan fingerprint density at radius 2 is 2.06 bits per heavy atom. The first kappa shape index (κ1) is 23.1. The average Bonchev–Trinajstić information content (AvgIpc) is 3.20. The molecule has 2 atom stereocenters. The van der Waals surface area contributed by atoms with E-state index in [-0.39, 0.29) is 18.6 Å². The van der Waals surface area contributed by atoms with Crippen LogP contribution in [0.1, 0.15) is 63.6 Å². The van der Waals surface area contributed by atoms with Crippen LogP contribution in [0.3, 0.4) is 0 Å². The zero-order chi connectivity index (χ0) is 22.5. The number of carbonyl (C=O) groups is 1. The molecule has 1 unspecified atom stereocenters. The van der Waals surface area contributed by atoms with Crippen molar-refractivity contribution in [2.45, 2.75) is 58.9 Å². The lowest BCUT2D eigenvalue weighted by atomic mass is 9.87. The van der Waals surface area contributed by atoms with E-state index in [1.54, 1.807) is 7.11 Å². The highest BCUT2D eigenvalue weighted by molar-refractivity contribution is 5.95. The normalized spacial score (nSPS) is 19.6. The quantitative estimate of drug-likeness (QED) is 0.476. The molecule has 2 aliphatic heterocycles. The summed E-state index contributed by atoms with van der Waals surface area (Å²) < 4.78 is 17.0. The minimum atomic E-state index is 0.0141. The van der Waals surface area contributed by atoms with Crippen LogP contribution in [-0.4, -0.2) is 33.3 Å². The van der Waals surface area contributed by atoms with Gasteiger partial charge in [0.25, 0.3) is 0 Å². The Labute approximate surface area is 186 Å². The molecule has 31 heavy (non-hydrogen) atoms. The van der Waals surface area contributed by atoms with Gasteiger partial charge in [-0.2, -0.15) is 0 Å². The molecule has 1 aromatic rings. The monoisotopic (exact) mass is 426 g/mol. The van der Waals surface area contributed by atoms with Crippen molar-refractivity contribution in [1.82, 2.24) is 0 Å². The molecule has 0 radical (unpaired) electrons. The number of carbonyl (C=O) groups excluding carboxylic acids is 1. The van der Waals surface area contributed by atoms with Crippen LogP contribution in [0.2, 0.25) is 0 Å². The van der Waals surface area contributed by atoms with Gasteiger partial charge in [0.15, 0.2) is 17.3 Å². The third kappa shape index (κ3) is 5.40. The lowest BCUT2D eigenvalue weighted by Gasteiger charge is -2.32. The van der Waals surface area contributed by atoms with Gasteiger partial charge in [0.05, 0.1) is 32.7 Å². The lowest BCUT2D eigenvalue weighted by Crippen LogP contribution is -3.10. The largest absolute Gasteiger partial charge is 0.492 e. The van der Waals surface area contributed by atoms with Gasteiger partial charge >= 0.3 is 0 Å². The van der Waals surface area contributed by atoms with Crippen LogP contribution < -0.4 is 19.1 Å². The van der Waals surface area contributed by atoms with Crippen LogP contribution in [0, 0.1) is 0 Å². The summed E-state index contributed by atoms with van der Waals surface area (Å²) in [4.78, 5) is 14.4. The van der Waals surface area contributed by atoms with Crippen LogP contribution in [0.25, 0.3) is 0 Å². The summed E-state index contributed by atoms with van der Waals surface area (Å²) >= 11 is 0. The van der Waals surface area contributed by atoms with E-state index in [2.05, 4.69) is 52.6 Å². The van der Waals surface area contributed by atoms with Gasteiger partial charge < -0.3 is 19.1 Å². The third-order valence-corrected chi connectivity index (χ3v) is 6.25. The van der Waals surface area contributed by atoms with Gasteiger partial charge in [0.2, 0.25) is 12.5 Å². The number of ether oxygens (including phenoxy) is 3. The summed E-state index contributed by atoms with van der Waals surface area (Å²) in [7, 11) is 3.79. The predicted molar refractivity (Wildman–Crippen MR) is 123 cm³/mol. The Kier molecular flexibility index (Phi) is 7.60. The van der Waals surface area contributed by atoms with Gasteiger partial charge in [-0.3, -0.25) is 4.79 Å². The fraction of sp³-hybridized carbons (Fsp3) is 0.500. The van der Waals surface area contributed by atoms with Crippen molar-refractivity contribution >= 4 is 5.78 Å². The van der Waals surface area contributed by atoms with Crippen LogP contribution in [0.5, 0.6) is 17.2 Å². The molecule has 0 saturated carbocycles. The van der Waals surface area contributed by atoms with Gasteiger partial charge in [0, 0.05) is 6.42 Å². The molecule has 168 valence electrons. The van der Waals surface area contributed by atoms with Crippen molar-refractivity contribution in [1.29, 1.82) is 0 Å². The van der Waals surface area contributed by atoms with E-state index in [4.69, 9.17) is 14.2 Å². The van der Waals surface area contributed by atoms with Crippen LogP contribution in [-0.2, 0) is 11.2 Å². The van der Waals surface area contributed by atoms with Crippen molar-refractivity contribution in [3.05, 3.63) is 52.6 Å². The maximum atomic E-state index is 13.1. The van der Waals surface area contributed by atoms with Gasteiger partial charge in [-0.05, 0) is 57.2 Å². The molecule has 1 N–H and O–H groups in total. The number of rotatable bonds is 9. The summed E-state index contributed by atoms with van der Waals surface area (Å²) in [6, 6.07) is 2.07. The number of nitrogens with one attached hydrogen (secondary N) is 1. The maximum absolute atomic E-state index is 13.1. The summed E-state index contributed by atoms with van der Waals surface area (Å²) in [5, 5.41) is 0. The number of Topliss-reactive ketones (excluding diaryl/α,β-unsaturated/α-hetero) is 1.